The molecule has 1 aromatic carbocycles. The summed E-state index contributed by atoms with van der Waals surface area (Å²) in [6, 6.07) is 2.97. The van der Waals surface area contributed by atoms with Crippen molar-refractivity contribution in [3.8, 4) is 0 Å². The minimum absolute atomic E-state index is 0.158. The number of hydrogen-bond donors (Lipinski definition) is 0. The van der Waals surface area contributed by atoms with Crippen molar-refractivity contribution in [1.82, 2.24) is 0 Å². The Morgan fingerprint density at radius 3 is 1.71 bits per heavy atom. The smallest absolute Gasteiger partial charge is 0.180 e. The van der Waals surface area contributed by atoms with Gasteiger partial charge in [0.05, 0.1) is 10.1 Å². The third-order valence-electron chi connectivity index (χ3n) is 2.58. The third-order valence-corrected chi connectivity index (χ3v) is 5.34. The van der Waals surface area contributed by atoms with Crippen molar-refractivity contribution in [3.63, 3.8) is 0 Å². The second-order valence-corrected chi connectivity index (χ2v) is 7.87. The summed E-state index contributed by atoms with van der Waals surface area (Å²) in [5, 5.41) is 0.331. The van der Waals surface area contributed by atoms with Crippen LogP contribution in [0, 0.1) is 0 Å². The fourth-order valence-corrected chi connectivity index (χ4v) is 3.71. The van der Waals surface area contributed by atoms with Gasteiger partial charge in [-0.3, -0.25) is 0 Å². The van der Waals surface area contributed by atoms with E-state index in [0.29, 0.717) is 10.0 Å². The van der Waals surface area contributed by atoms with E-state index in [1.807, 2.05) is 13.8 Å². The zero-order valence-corrected chi connectivity index (χ0v) is 12.6. The predicted octanol–water partition coefficient (Wildman–Crippen LogP) is 4.30. The highest BCUT2D eigenvalue weighted by Gasteiger charge is 2.22. The molecule has 0 radical (unpaired) electrons. The molecule has 0 N–H and O–H groups in total. The van der Waals surface area contributed by atoms with Crippen LogP contribution < -0.4 is 0 Å². The maximum absolute atomic E-state index is 12.0. The van der Waals surface area contributed by atoms with E-state index in [0.717, 1.165) is 5.56 Å². The van der Waals surface area contributed by atoms with Crippen molar-refractivity contribution < 1.29 is 8.42 Å². The Morgan fingerprint density at radius 2 is 1.41 bits per heavy atom. The first-order valence-electron chi connectivity index (χ1n) is 5.40. The molecule has 0 atom stereocenters. The Hall–Kier alpha value is -0.250. The Kier molecular flexibility index (Phi) is 4.50. The fraction of sp³-hybridized carbons (Fsp3) is 0.500. The number of halogens is 2. The van der Waals surface area contributed by atoms with Crippen LogP contribution in [0.3, 0.4) is 0 Å². The molecule has 0 fully saturated rings. The molecule has 2 nitrogen and oxygen atoms in total. The van der Waals surface area contributed by atoms with Crippen LogP contribution in [0.25, 0.3) is 0 Å². The van der Waals surface area contributed by atoms with Crippen LogP contribution in [-0.2, 0) is 9.84 Å². The molecule has 0 aromatic heterocycles. The highest BCUT2D eigenvalue weighted by Crippen LogP contribution is 2.34. The maximum atomic E-state index is 12.0. The highest BCUT2D eigenvalue weighted by molar-refractivity contribution is 7.92. The molecule has 0 aliphatic carbocycles. The summed E-state index contributed by atoms with van der Waals surface area (Å²) in [5.74, 6) is 0.158. The van der Waals surface area contributed by atoms with Crippen molar-refractivity contribution in [2.24, 2.45) is 0 Å². The first-order valence-corrected chi connectivity index (χ1v) is 7.71. The lowest BCUT2D eigenvalue weighted by Crippen LogP contribution is -2.14. The van der Waals surface area contributed by atoms with Crippen molar-refractivity contribution >= 4 is 33.0 Å². The average molecular weight is 295 g/mol. The van der Waals surface area contributed by atoms with Crippen LogP contribution in [0.15, 0.2) is 17.0 Å². The molecule has 0 amide bonds. The van der Waals surface area contributed by atoms with Gasteiger partial charge in [-0.05, 0) is 37.5 Å². The molecular formula is C12H16Cl2O2S. The molecule has 0 saturated heterocycles. The zero-order chi connectivity index (χ0) is 13.4. The van der Waals surface area contributed by atoms with E-state index >= 15 is 0 Å². The molecule has 0 saturated carbocycles. The fourth-order valence-electron chi connectivity index (χ4n) is 1.55. The molecule has 96 valence electrons. The number of hydrogen-bond acceptors (Lipinski definition) is 2. The van der Waals surface area contributed by atoms with Crippen LogP contribution in [0.2, 0.25) is 10.0 Å². The summed E-state index contributed by atoms with van der Waals surface area (Å²) in [6.07, 6.45) is 0. The van der Waals surface area contributed by atoms with Gasteiger partial charge in [0.15, 0.2) is 9.84 Å². The van der Waals surface area contributed by atoms with E-state index in [1.165, 1.54) is 12.1 Å². The summed E-state index contributed by atoms with van der Waals surface area (Å²) < 4.78 is 24.0. The van der Waals surface area contributed by atoms with Gasteiger partial charge in [-0.1, -0.05) is 37.0 Å². The van der Waals surface area contributed by atoms with E-state index in [9.17, 15) is 8.42 Å². The largest absolute Gasteiger partial charge is 0.223 e. The topological polar surface area (TPSA) is 34.1 Å². The molecule has 1 aromatic rings. The lowest BCUT2D eigenvalue weighted by atomic mass is 10.0. The Balaban J connectivity index is 3.44. The Morgan fingerprint density at radius 1 is 1.00 bits per heavy atom. The molecule has 0 aliphatic heterocycles. The molecular weight excluding hydrogens is 279 g/mol. The van der Waals surface area contributed by atoms with Gasteiger partial charge in [0, 0.05) is 10.0 Å². The molecule has 5 heteroatoms. The van der Waals surface area contributed by atoms with E-state index in [2.05, 4.69) is 0 Å². The predicted molar refractivity (Wildman–Crippen MR) is 72.9 cm³/mol. The second kappa shape index (κ2) is 5.17. The second-order valence-electron chi connectivity index (χ2n) is 4.55. The minimum Gasteiger partial charge on any atom is -0.223 e. The average Bonchev–Trinajstić information content (AvgIpc) is 2.15. The van der Waals surface area contributed by atoms with Crippen LogP contribution >= 0.6 is 23.2 Å². The number of benzene rings is 1. The lowest BCUT2D eigenvalue weighted by Gasteiger charge is -2.14. The van der Waals surface area contributed by atoms with Gasteiger partial charge < -0.3 is 0 Å². The van der Waals surface area contributed by atoms with Crippen LogP contribution in [0.5, 0.6) is 0 Å². The third kappa shape index (κ3) is 2.95. The quantitative estimate of drug-likeness (QED) is 0.833. The van der Waals surface area contributed by atoms with Gasteiger partial charge in [-0.2, -0.15) is 0 Å². The van der Waals surface area contributed by atoms with Crippen LogP contribution in [0.4, 0.5) is 0 Å². The van der Waals surface area contributed by atoms with Crippen molar-refractivity contribution in [2.75, 3.05) is 0 Å². The molecule has 0 aliphatic rings. The SMILES string of the molecule is CC(C)c1c(Cl)cc(S(=O)(=O)C(C)C)cc1Cl. The Labute approximate surface area is 113 Å². The van der Waals surface area contributed by atoms with Crippen molar-refractivity contribution in [1.29, 1.82) is 0 Å². The van der Waals surface area contributed by atoms with E-state index in [1.54, 1.807) is 13.8 Å². The minimum atomic E-state index is -3.33. The maximum Gasteiger partial charge on any atom is 0.180 e. The van der Waals surface area contributed by atoms with E-state index < -0.39 is 15.1 Å². The molecule has 1 rings (SSSR count). The van der Waals surface area contributed by atoms with Crippen LogP contribution in [-0.4, -0.2) is 13.7 Å². The summed E-state index contributed by atoms with van der Waals surface area (Å²) in [7, 11) is -3.33. The Bertz CT molecular complexity index is 496. The molecule has 0 unspecified atom stereocenters. The zero-order valence-electron chi connectivity index (χ0n) is 10.3. The molecule has 0 bridgehead atoms. The van der Waals surface area contributed by atoms with Gasteiger partial charge in [0.1, 0.15) is 0 Å². The first-order chi connectivity index (χ1) is 7.67. The summed E-state index contributed by atoms with van der Waals surface area (Å²) >= 11 is 12.2. The number of sulfone groups is 1. The van der Waals surface area contributed by atoms with Crippen LogP contribution in [0.1, 0.15) is 39.2 Å². The van der Waals surface area contributed by atoms with Crippen molar-refractivity contribution in [3.05, 3.63) is 27.7 Å². The van der Waals surface area contributed by atoms with Gasteiger partial charge in [-0.15, -0.1) is 0 Å². The monoisotopic (exact) mass is 294 g/mol. The first kappa shape index (κ1) is 14.8. The normalized spacial score (nSPS) is 12.5. The number of rotatable bonds is 3. The van der Waals surface area contributed by atoms with Crippen molar-refractivity contribution in [2.45, 2.75) is 43.8 Å². The lowest BCUT2D eigenvalue weighted by molar-refractivity contribution is 0.587. The van der Waals surface area contributed by atoms with Gasteiger partial charge >= 0.3 is 0 Å². The molecule has 17 heavy (non-hydrogen) atoms. The van der Waals surface area contributed by atoms with Gasteiger partial charge in [0.2, 0.25) is 0 Å². The highest BCUT2D eigenvalue weighted by atomic mass is 35.5. The molecule has 0 spiro atoms. The summed E-state index contributed by atoms with van der Waals surface area (Å²) in [6.45, 7) is 7.19. The summed E-state index contributed by atoms with van der Waals surface area (Å²) in [5.41, 5.74) is 0.788. The van der Waals surface area contributed by atoms with Gasteiger partial charge in [-0.25, -0.2) is 8.42 Å². The van der Waals surface area contributed by atoms with E-state index in [4.69, 9.17) is 23.2 Å². The van der Waals surface area contributed by atoms with E-state index in [-0.39, 0.29) is 10.8 Å². The van der Waals surface area contributed by atoms with Gasteiger partial charge in [0.25, 0.3) is 0 Å². The standard InChI is InChI=1S/C12H16Cl2O2S/c1-7(2)12-10(13)5-9(6-11(12)14)17(15,16)8(3)4/h5-8H,1-4H3. The summed E-state index contributed by atoms with van der Waals surface area (Å²) in [4.78, 5) is 0.187. The molecule has 0 heterocycles.